The summed E-state index contributed by atoms with van der Waals surface area (Å²) in [4.78, 5) is 16.0. The van der Waals surface area contributed by atoms with E-state index >= 15 is 0 Å². The van der Waals surface area contributed by atoms with E-state index in [1.807, 2.05) is 72.8 Å². The minimum absolute atomic E-state index is 0.172. The van der Waals surface area contributed by atoms with Crippen molar-refractivity contribution in [2.24, 2.45) is 0 Å². The van der Waals surface area contributed by atoms with Gasteiger partial charge in [0.25, 0.3) is 5.91 Å². The Kier molecular flexibility index (Phi) is 4.95. The van der Waals surface area contributed by atoms with Crippen molar-refractivity contribution in [2.75, 3.05) is 12.0 Å². The van der Waals surface area contributed by atoms with Gasteiger partial charge in [0.1, 0.15) is 10.6 Å². The highest BCUT2D eigenvalue weighted by molar-refractivity contribution is 7.21. The monoisotopic (exact) mass is 435 g/mol. The molecule has 1 aliphatic heterocycles. The Morgan fingerprint density at radius 3 is 2.57 bits per heavy atom. The van der Waals surface area contributed by atoms with E-state index in [9.17, 15) is 4.79 Å². The van der Waals surface area contributed by atoms with Crippen LogP contribution in [0.2, 0.25) is 5.02 Å². The number of para-hydroxylation sites is 1. The van der Waals surface area contributed by atoms with Gasteiger partial charge in [-0.15, -0.1) is 11.3 Å². The molecule has 0 N–H and O–H groups in total. The van der Waals surface area contributed by atoms with Crippen LogP contribution in [-0.4, -0.2) is 13.0 Å². The average molecular weight is 436 g/mol. The third-order valence-corrected chi connectivity index (χ3v) is 6.89. The van der Waals surface area contributed by atoms with E-state index in [-0.39, 0.29) is 5.91 Å². The molecule has 4 aromatic rings. The Morgan fingerprint density at radius 2 is 1.80 bits per heavy atom. The predicted molar refractivity (Wildman–Crippen MR) is 121 cm³/mol. The smallest absolute Gasteiger partial charge is 0.272 e. The first-order valence-corrected chi connectivity index (χ1v) is 10.7. The molecule has 6 heteroatoms. The molecule has 0 spiro atoms. The van der Waals surface area contributed by atoms with Crippen LogP contribution >= 0.6 is 22.9 Å². The van der Waals surface area contributed by atoms with Crippen LogP contribution in [0.4, 0.5) is 5.69 Å². The van der Waals surface area contributed by atoms with Crippen LogP contribution in [0.15, 0.2) is 72.8 Å². The summed E-state index contributed by atoms with van der Waals surface area (Å²) in [5.41, 5.74) is 2.67. The molecular formula is C24H18ClNO3S. The molecule has 0 fully saturated rings. The molecule has 30 heavy (non-hydrogen) atoms. The number of benzene rings is 3. The predicted octanol–water partition coefficient (Wildman–Crippen LogP) is 6.44. The summed E-state index contributed by atoms with van der Waals surface area (Å²) < 4.78 is 12.4. The lowest BCUT2D eigenvalue weighted by molar-refractivity contribution is 0.0255. The Labute approximate surface area is 183 Å². The minimum atomic E-state index is -0.556. The summed E-state index contributed by atoms with van der Waals surface area (Å²) in [5, 5.41) is 1.37. The second kappa shape index (κ2) is 7.76. The summed E-state index contributed by atoms with van der Waals surface area (Å²) in [7, 11) is 1.63. The lowest BCUT2D eigenvalue weighted by atomic mass is 10.1. The fourth-order valence-electron chi connectivity index (χ4n) is 3.73. The SMILES string of the molecule is COc1ccc(C2OCc3ccccc3N2C(=O)c2sc3ccccc3c2Cl)cc1. The van der Waals surface area contributed by atoms with Gasteiger partial charge < -0.3 is 9.47 Å². The fourth-order valence-corrected chi connectivity index (χ4v) is 5.18. The number of halogens is 1. The van der Waals surface area contributed by atoms with Crippen LogP contribution in [0.25, 0.3) is 10.1 Å². The average Bonchev–Trinajstić information content (AvgIpc) is 3.14. The molecule has 0 saturated carbocycles. The Balaban J connectivity index is 1.63. The van der Waals surface area contributed by atoms with Gasteiger partial charge in [-0.1, -0.05) is 60.1 Å². The van der Waals surface area contributed by atoms with Crippen molar-refractivity contribution in [3.8, 4) is 5.75 Å². The Hall–Kier alpha value is -2.86. The van der Waals surface area contributed by atoms with E-state index in [0.29, 0.717) is 16.5 Å². The van der Waals surface area contributed by atoms with Crippen LogP contribution in [0.1, 0.15) is 27.0 Å². The van der Waals surface area contributed by atoms with Gasteiger partial charge in [-0.25, -0.2) is 0 Å². The molecular weight excluding hydrogens is 418 g/mol. The summed E-state index contributed by atoms with van der Waals surface area (Å²) in [6.45, 7) is 0.427. The number of fused-ring (bicyclic) bond motifs is 2. The fraction of sp³-hybridized carbons (Fsp3) is 0.125. The number of carbonyl (C=O) groups excluding carboxylic acids is 1. The highest BCUT2D eigenvalue weighted by atomic mass is 35.5. The van der Waals surface area contributed by atoms with Crippen molar-refractivity contribution in [2.45, 2.75) is 12.8 Å². The molecule has 2 heterocycles. The van der Waals surface area contributed by atoms with Crippen molar-refractivity contribution in [3.63, 3.8) is 0 Å². The van der Waals surface area contributed by atoms with Gasteiger partial charge in [-0.2, -0.15) is 0 Å². The number of ether oxygens (including phenoxy) is 2. The van der Waals surface area contributed by atoms with Crippen LogP contribution in [-0.2, 0) is 11.3 Å². The van der Waals surface area contributed by atoms with E-state index in [4.69, 9.17) is 21.1 Å². The maximum atomic E-state index is 13.8. The molecule has 0 bridgehead atoms. The van der Waals surface area contributed by atoms with Gasteiger partial charge in [0, 0.05) is 21.2 Å². The minimum Gasteiger partial charge on any atom is -0.497 e. The zero-order valence-electron chi connectivity index (χ0n) is 16.2. The first-order chi connectivity index (χ1) is 14.7. The molecule has 0 saturated heterocycles. The van der Waals surface area contributed by atoms with Gasteiger partial charge in [0.2, 0.25) is 0 Å². The molecule has 0 radical (unpaired) electrons. The van der Waals surface area contributed by atoms with Crippen molar-refractivity contribution in [1.82, 2.24) is 0 Å². The maximum Gasteiger partial charge on any atom is 0.272 e. The number of anilines is 1. The largest absolute Gasteiger partial charge is 0.497 e. The Bertz CT molecular complexity index is 1230. The molecule has 1 unspecified atom stereocenters. The van der Waals surface area contributed by atoms with E-state index in [0.717, 1.165) is 32.6 Å². The summed E-state index contributed by atoms with van der Waals surface area (Å²) in [5.74, 6) is 0.578. The first kappa shape index (κ1) is 19.1. The number of methoxy groups -OCH3 is 1. The number of nitrogens with zero attached hydrogens (tertiary/aromatic N) is 1. The lowest BCUT2D eigenvalue weighted by Crippen LogP contribution is -2.39. The molecule has 150 valence electrons. The summed E-state index contributed by atoms with van der Waals surface area (Å²) in [6, 6.07) is 23.2. The number of amides is 1. The van der Waals surface area contributed by atoms with Crippen molar-refractivity contribution >= 4 is 44.6 Å². The summed E-state index contributed by atoms with van der Waals surface area (Å²) >= 11 is 8.04. The van der Waals surface area contributed by atoms with Gasteiger partial charge in [0.15, 0.2) is 6.23 Å². The highest BCUT2D eigenvalue weighted by Gasteiger charge is 2.35. The molecule has 5 rings (SSSR count). The number of rotatable bonds is 3. The molecule has 1 atom stereocenters. The standard InChI is InChI=1S/C24H18ClNO3S/c1-28-17-12-10-15(11-13-17)24-26(19-8-4-2-6-16(19)14-29-24)23(27)22-21(25)18-7-3-5-9-20(18)30-22/h2-13,24H,14H2,1H3. The molecule has 0 aliphatic carbocycles. The third-order valence-electron chi connectivity index (χ3n) is 5.23. The quantitative estimate of drug-likeness (QED) is 0.371. The van der Waals surface area contributed by atoms with Crippen molar-refractivity contribution < 1.29 is 14.3 Å². The second-order valence-corrected chi connectivity index (χ2v) is 8.41. The zero-order chi connectivity index (χ0) is 20.7. The zero-order valence-corrected chi connectivity index (χ0v) is 17.7. The summed E-state index contributed by atoms with van der Waals surface area (Å²) in [6.07, 6.45) is -0.556. The van der Waals surface area contributed by atoms with Gasteiger partial charge >= 0.3 is 0 Å². The number of hydrogen-bond acceptors (Lipinski definition) is 4. The highest BCUT2D eigenvalue weighted by Crippen LogP contribution is 2.42. The van der Waals surface area contributed by atoms with Crippen molar-refractivity contribution in [3.05, 3.63) is 93.8 Å². The molecule has 3 aromatic carbocycles. The first-order valence-electron chi connectivity index (χ1n) is 9.51. The molecule has 4 nitrogen and oxygen atoms in total. The van der Waals surface area contributed by atoms with Crippen LogP contribution in [0.5, 0.6) is 5.75 Å². The molecule has 1 aliphatic rings. The van der Waals surface area contributed by atoms with E-state index in [1.165, 1.54) is 11.3 Å². The number of hydrogen-bond donors (Lipinski definition) is 0. The Morgan fingerprint density at radius 1 is 1.07 bits per heavy atom. The van der Waals surface area contributed by atoms with Gasteiger partial charge in [-0.05, 0) is 24.3 Å². The third kappa shape index (κ3) is 3.16. The number of carbonyl (C=O) groups is 1. The van der Waals surface area contributed by atoms with Crippen LogP contribution in [0.3, 0.4) is 0 Å². The van der Waals surface area contributed by atoms with Crippen LogP contribution < -0.4 is 9.64 Å². The van der Waals surface area contributed by atoms with Crippen LogP contribution in [0, 0.1) is 0 Å². The number of thiophene rings is 1. The maximum absolute atomic E-state index is 13.8. The lowest BCUT2D eigenvalue weighted by Gasteiger charge is -2.37. The van der Waals surface area contributed by atoms with E-state index in [1.54, 1.807) is 12.0 Å². The topological polar surface area (TPSA) is 38.8 Å². The van der Waals surface area contributed by atoms with Gasteiger partial charge in [0.05, 0.1) is 24.4 Å². The second-order valence-electron chi connectivity index (χ2n) is 6.98. The molecule has 1 amide bonds. The van der Waals surface area contributed by atoms with E-state index in [2.05, 4.69) is 0 Å². The van der Waals surface area contributed by atoms with E-state index < -0.39 is 6.23 Å². The normalized spacial score (nSPS) is 15.8. The van der Waals surface area contributed by atoms with Crippen molar-refractivity contribution in [1.29, 1.82) is 0 Å². The van der Waals surface area contributed by atoms with Gasteiger partial charge in [-0.3, -0.25) is 9.69 Å². The molecule has 1 aromatic heterocycles.